The van der Waals surface area contributed by atoms with Gasteiger partial charge >= 0.3 is 0 Å². The highest BCUT2D eigenvalue weighted by atomic mass is 32.2. The van der Waals surface area contributed by atoms with Crippen molar-refractivity contribution in [1.29, 1.82) is 0 Å². The first-order chi connectivity index (χ1) is 15.1. The molecule has 0 bridgehead atoms. The Morgan fingerprint density at radius 2 is 1.44 bits per heavy atom. The summed E-state index contributed by atoms with van der Waals surface area (Å²) in [6, 6.07) is 21.8. The molecule has 0 unspecified atom stereocenters. The maximum atomic E-state index is 13.4. The van der Waals surface area contributed by atoms with Crippen molar-refractivity contribution in [3.8, 4) is 0 Å². The maximum Gasteiger partial charge on any atom is 0.244 e. The lowest BCUT2D eigenvalue weighted by atomic mass is 9.94. The number of rotatable bonds is 7. The molecule has 0 heterocycles. The third kappa shape index (κ3) is 5.37. The van der Waals surface area contributed by atoms with Crippen LogP contribution in [0.4, 0.5) is 5.69 Å². The minimum atomic E-state index is -3.70. The molecule has 0 aliphatic heterocycles. The minimum absolute atomic E-state index is 0.369. The molecular weight excluding hydrogens is 420 g/mol. The van der Waals surface area contributed by atoms with Gasteiger partial charge in [-0.3, -0.25) is 9.10 Å². The molecule has 168 valence electrons. The van der Waals surface area contributed by atoms with Crippen molar-refractivity contribution in [2.45, 2.75) is 39.8 Å². The number of sulfonamides is 1. The van der Waals surface area contributed by atoms with E-state index in [0.29, 0.717) is 5.69 Å². The third-order valence-corrected chi connectivity index (χ3v) is 6.71. The van der Waals surface area contributed by atoms with Gasteiger partial charge in [0.15, 0.2) is 0 Å². The van der Waals surface area contributed by atoms with Gasteiger partial charge in [0, 0.05) is 0 Å². The minimum Gasteiger partial charge on any atom is -0.343 e. The van der Waals surface area contributed by atoms with Crippen LogP contribution in [0.1, 0.15) is 40.8 Å². The van der Waals surface area contributed by atoms with Crippen molar-refractivity contribution in [3.05, 3.63) is 101 Å². The predicted molar refractivity (Wildman–Crippen MR) is 130 cm³/mol. The first-order valence-corrected chi connectivity index (χ1v) is 12.4. The number of carbonyl (C=O) groups is 1. The summed E-state index contributed by atoms with van der Waals surface area (Å²) in [6.07, 6.45) is 1.13. The summed E-state index contributed by atoms with van der Waals surface area (Å²) in [5.74, 6) is -0.369. The summed E-state index contributed by atoms with van der Waals surface area (Å²) in [6.45, 7) is 7.43. The van der Waals surface area contributed by atoms with E-state index in [1.165, 1.54) is 4.31 Å². The van der Waals surface area contributed by atoms with Crippen molar-refractivity contribution in [2.75, 3.05) is 10.6 Å². The van der Waals surface area contributed by atoms with Gasteiger partial charge in [0.1, 0.15) is 6.04 Å². The molecule has 3 rings (SSSR count). The number of aryl methyl sites for hydroxylation is 3. The molecule has 0 radical (unpaired) electrons. The standard InChI is InChI=1S/C26H30N2O3S/c1-18-15-19(2)17-23(16-18)28(32(5,30)31)21(4)26(29)27-25(22-12-7-6-8-13-22)24-14-10-9-11-20(24)3/h6-17,21,25H,1-5H3,(H,27,29)/t21-,25+/m1/s1. The zero-order chi connectivity index (χ0) is 23.5. The topological polar surface area (TPSA) is 66.5 Å². The second kappa shape index (κ2) is 9.57. The van der Waals surface area contributed by atoms with Crippen LogP contribution >= 0.6 is 0 Å². The molecule has 0 aliphatic rings. The largest absolute Gasteiger partial charge is 0.343 e. The van der Waals surface area contributed by atoms with Crippen LogP contribution in [0.2, 0.25) is 0 Å². The molecule has 32 heavy (non-hydrogen) atoms. The molecule has 0 aliphatic carbocycles. The van der Waals surface area contributed by atoms with Crippen molar-refractivity contribution in [1.82, 2.24) is 5.32 Å². The van der Waals surface area contributed by atoms with Gasteiger partial charge in [0.05, 0.1) is 18.0 Å². The van der Waals surface area contributed by atoms with E-state index >= 15 is 0 Å². The molecular formula is C26H30N2O3S. The number of hydrogen-bond donors (Lipinski definition) is 1. The normalized spacial score (nSPS) is 13.3. The van der Waals surface area contributed by atoms with Crippen LogP contribution in [0, 0.1) is 20.8 Å². The second-order valence-electron chi connectivity index (χ2n) is 8.29. The zero-order valence-electron chi connectivity index (χ0n) is 19.2. The molecule has 0 spiro atoms. The van der Waals surface area contributed by atoms with E-state index in [2.05, 4.69) is 5.32 Å². The van der Waals surface area contributed by atoms with Crippen molar-refractivity contribution >= 4 is 21.6 Å². The lowest BCUT2D eigenvalue weighted by Gasteiger charge is -2.31. The molecule has 3 aromatic rings. The Bertz CT molecular complexity index is 1190. The molecule has 3 aromatic carbocycles. The monoisotopic (exact) mass is 450 g/mol. The van der Waals surface area contributed by atoms with Gasteiger partial charge in [-0.1, -0.05) is 60.7 Å². The Morgan fingerprint density at radius 1 is 0.875 bits per heavy atom. The summed E-state index contributed by atoms with van der Waals surface area (Å²) in [5.41, 5.74) is 5.30. The van der Waals surface area contributed by atoms with Gasteiger partial charge in [-0.25, -0.2) is 8.42 Å². The number of hydrogen-bond acceptors (Lipinski definition) is 3. The number of nitrogens with zero attached hydrogens (tertiary/aromatic N) is 1. The lowest BCUT2D eigenvalue weighted by Crippen LogP contribution is -2.49. The molecule has 2 atom stereocenters. The number of benzene rings is 3. The Hall–Kier alpha value is -3.12. The molecule has 1 N–H and O–H groups in total. The van der Waals surface area contributed by atoms with Crippen LogP contribution in [-0.4, -0.2) is 26.6 Å². The Morgan fingerprint density at radius 3 is 2.00 bits per heavy atom. The Kier molecular flexibility index (Phi) is 7.04. The molecule has 0 saturated carbocycles. The van der Waals surface area contributed by atoms with Gasteiger partial charge in [-0.15, -0.1) is 0 Å². The fourth-order valence-corrected chi connectivity index (χ4v) is 5.20. The smallest absolute Gasteiger partial charge is 0.244 e. The lowest BCUT2D eigenvalue weighted by molar-refractivity contribution is -0.122. The highest BCUT2D eigenvalue weighted by Crippen LogP contribution is 2.27. The third-order valence-electron chi connectivity index (χ3n) is 5.47. The highest BCUT2D eigenvalue weighted by molar-refractivity contribution is 7.92. The Labute approximate surface area is 191 Å². The zero-order valence-corrected chi connectivity index (χ0v) is 20.0. The SMILES string of the molecule is Cc1cc(C)cc(N([C@H](C)C(=O)N[C@@H](c2ccccc2)c2ccccc2C)S(C)(=O)=O)c1. The summed E-state index contributed by atoms with van der Waals surface area (Å²) < 4.78 is 26.6. The van der Waals surface area contributed by atoms with Crippen LogP contribution in [0.15, 0.2) is 72.8 Å². The maximum absolute atomic E-state index is 13.4. The number of carbonyl (C=O) groups excluding carboxylic acids is 1. The first-order valence-electron chi connectivity index (χ1n) is 10.6. The van der Waals surface area contributed by atoms with E-state index in [4.69, 9.17) is 0 Å². The predicted octanol–water partition coefficient (Wildman–Crippen LogP) is 4.67. The van der Waals surface area contributed by atoms with E-state index in [9.17, 15) is 13.2 Å². The number of amides is 1. The van der Waals surface area contributed by atoms with Crippen molar-refractivity contribution in [2.24, 2.45) is 0 Å². The summed E-state index contributed by atoms with van der Waals surface area (Å²) >= 11 is 0. The van der Waals surface area contributed by atoms with Crippen LogP contribution in [0.5, 0.6) is 0 Å². The second-order valence-corrected chi connectivity index (χ2v) is 10.1. The van der Waals surface area contributed by atoms with Crippen LogP contribution < -0.4 is 9.62 Å². The van der Waals surface area contributed by atoms with Crippen molar-refractivity contribution < 1.29 is 13.2 Å². The number of anilines is 1. The van der Waals surface area contributed by atoms with Gasteiger partial charge in [0.2, 0.25) is 15.9 Å². The van der Waals surface area contributed by atoms with Gasteiger partial charge < -0.3 is 5.32 Å². The van der Waals surface area contributed by atoms with Crippen molar-refractivity contribution in [3.63, 3.8) is 0 Å². The quantitative estimate of drug-likeness (QED) is 0.569. The Balaban J connectivity index is 2.00. The summed E-state index contributed by atoms with van der Waals surface area (Å²) in [5, 5.41) is 3.10. The summed E-state index contributed by atoms with van der Waals surface area (Å²) in [7, 11) is -3.70. The van der Waals surface area contributed by atoms with Gasteiger partial charge in [0.25, 0.3) is 0 Å². The van der Waals surface area contributed by atoms with Gasteiger partial charge in [-0.2, -0.15) is 0 Å². The molecule has 0 saturated heterocycles. The van der Waals surface area contributed by atoms with E-state index in [-0.39, 0.29) is 5.91 Å². The van der Waals surface area contributed by atoms with Gasteiger partial charge in [-0.05, 0) is 67.6 Å². The first kappa shape index (κ1) is 23.5. The fraction of sp³-hybridized carbons (Fsp3) is 0.269. The van der Waals surface area contributed by atoms with Crippen LogP contribution in [0.3, 0.4) is 0 Å². The van der Waals surface area contributed by atoms with E-state index in [1.54, 1.807) is 19.1 Å². The van der Waals surface area contributed by atoms with E-state index in [1.807, 2.05) is 81.4 Å². The van der Waals surface area contributed by atoms with E-state index < -0.39 is 22.1 Å². The molecule has 1 amide bonds. The highest BCUT2D eigenvalue weighted by Gasteiger charge is 2.31. The summed E-state index contributed by atoms with van der Waals surface area (Å²) in [4.78, 5) is 13.4. The molecule has 5 nitrogen and oxygen atoms in total. The van der Waals surface area contributed by atoms with Crippen LogP contribution in [-0.2, 0) is 14.8 Å². The number of nitrogens with one attached hydrogen (secondary N) is 1. The van der Waals surface area contributed by atoms with E-state index in [0.717, 1.165) is 34.1 Å². The molecule has 0 fully saturated rings. The van der Waals surface area contributed by atoms with Crippen LogP contribution in [0.25, 0.3) is 0 Å². The fourth-order valence-electron chi connectivity index (χ4n) is 4.05. The molecule has 6 heteroatoms. The average molecular weight is 451 g/mol. The average Bonchev–Trinajstić information content (AvgIpc) is 2.71. The molecule has 0 aromatic heterocycles.